The molecule has 1 unspecified atom stereocenters. The van der Waals surface area contributed by atoms with Crippen LogP contribution in [0.15, 0.2) is 0 Å². The van der Waals surface area contributed by atoms with Crippen LogP contribution >= 0.6 is 0 Å². The van der Waals surface area contributed by atoms with Gasteiger partial charge in [-0.15, -0.1) is 0 Å². The van der Waals surface area contributed by atoms with E-state index in [1.165, 1.54) is 0 Å². The van der Waals surface area contributed by atoms with Gasteiger partial charge in [0.25, 0.3) is 0 Å². The number of piperidine rings is 1. The van der Waals surface area contributed by atoms with E-state index in [1.54, 1.807) is 0 Å². The van der Waals surface area contributed by atoms with Crippen LogP contribution in [-0.4, -0.2) is 75.8 Å². The van der Waals surface area contributed by atoms with Crippen LogP contribution in [0.3, 0.4) is 0 Å². The van der Waals surface area contributed by atoms with E-state index in [1.807, 2.05) is 25.7 Å². The second-order valence-electron chi connectivity index (χ2n) is 11.7. The normalized spacial score (nSPS) is 18.9. The molecule has 1 rings (SSSR count). The smallest absolute Gasteiger partial charge is 0.410 e. The average molecular weight is 416 g/mol. The third kappa shape index (κ3) is 7.34. The summed E-state index contributed by atoms with van der Waals surface area (Å²) in [4.78, 5) is 14.2. The van der Waals surface area contributed by atoms with Gasteiger partial charge in [0.2, 0.25) is 0 Å². The number of carbonyl (C=O) groups is 1. The summed E-state index contributed by atoms with van der Waals surface area (Å²) in [5.41, 5.74) is -0.426. The molecule has 0 aromatic heterocycles. The van der Waals surface area contributed by atoms with Crippen LogP contribution in [0.4, 0.5) is 4.79 Å². The Balaban J connectivity index is 2.53. The number of carbonyl (C=O) groups excluding carboxylic acids is 1. The van der Waals surface area contributed by atoms with Crippen LogP contribution in [0.1, 0.15) is 61.3 Å². The molecule has 0 spiro atoms. The first-order valence-electron chi connectivity index (χ1n) is 10.9. The van der Waals surface area contributed by atoms with Crippen LogP contribution < -0.4 is 0 Å². The molecule has 1 aliphatic heterocycles. The fourth-order valence-electron chi connectivity index (χ4n) is 3.42. The van der Waals surface area contributed by atoms with E-state index in [4.69, 9.17) is 9.16 Å². The zero-order valence-corrected chi connectivity index (χ0v) is 21.5. The Morgan fingerprint density at radius 1 is 1.11 bits per heavy atom. The summed E-state index contributed by atoms with van der Waals surface area (Å²) in [7, 11) is 2.95. The number of amides is 1. The van der Waals surface area contributed by atoms with Crippen molar-refractivity contribution < 1.29 is 18.4 Å². The topological polar surface area (TPSA) is 38.8 Å². The van der Waals surface area contributed by atoms with Crippen molar-refractivity contribution in [1.29, 1.82) is 0 Å². The predicted molar refractivity (Wildman–Crippen MR) is 120 cm³/mol. The van der Waals surface area contributed by atoms with E-state index in [2.05, 4.69) is 54.9 Å². The number of likely N-dealkylation sites (tertiary alicyclic amines) is 1. The van der Waals surface area contributed by atoms with Gasteiger partial charge in [-0.05, 0) is 58.7 Å². The Morgan fingerprint density at radius 2 is 1.61 bits per heavy atom. The summed E-state index contributed by atoms with van der Waals surface area (Å²) >= 11 is 0. The number of hydrogen-bond acceptors (Lipinski definition) is 3. The van der Waals surface area contributed by atoms with Crippen molar-refractivity contribution in [2.45, 2.75) is 91.1 Å². The van der Waals surface area contributed by atoms with E-state index >= 15 is 0 Å². The summed E-state index contributed by atoms with van der Waals surface area (Å²) in [6.07, 6.45) is 1.92. The van der Waals surface area contributed by atoms with Gasteiger partial charge in [-0.3, -0.25) is 0 Å². The first-order chi connectivity index (χ1) is 12.5. The van der Waals surface area contributed by atoms with Gasteiger partial charge in [-0.1, -0.05) is 20.8 Å². The molecule has 0 radical (unpaired) electrons. The molecule has 0 aromatic carbocycles. The monoisotopic (exact) mass is 415 g/mol. The molecule has 1 atom stereocenters. The molecular formula is C22H47N2O3Si+. The van der Waals surface area contributed by atoms with Gasteiger partial charge >= 0.3 is 6.09 Å². The van der Waals surface area contributed by atoms with Crippen molar-refractivity contribution in [3.05, 3.63) is 0 Å². The molecule has 1 amide bonds. The molecule has 0 bridgehead atoms. The van der Waals surface area contributed by atoms with E-state index < -0.39 is 13.9 Å². The molecule has 0 N–H and O–H groups in total. The van der Waals surface area contributed by atoms with Gasteiger partial charge in [-0.2, -0.15) is 0 Å². The first-order valence-corrected chi connectivity index (χ1v) is 13.8. The fourth-order valence-corrected chi connectivity index (χ4v) is 4.45. The molecule has 1 aliphatic rings. The molecule has 6 heteroatoms. The maximum absolute atomic E-state index is 12.3. The van der Waals surface area contributed by atoms with Gasteiger partial charge in [0, 0.05) is 19.0 Å². The number of rotatable bonds is 6. The average Bonchev–Trinajstić information content (AvgIpc) is 2.51. The summed E-state index contributed by atoms with van der Waals surface area (Å²) in [6, 6.07) is 0.545. The van der Waals surface area contributed by atoms with Gasteiger partial charge in [0.05, 0.1) is 26.7 Å². The van der Waals surface area contributed by atoms with Crippen LogP contribution in [0.5, 0.6) is 0 Å². The van der Waals surface area contributed by atoms with Gasteiger partial charge < -0.3 is 18.5 Å². The zero-order chi connectivity index (χ0) is 22.0. The molecule has 1 heterocycles. The third-order valence-corrected chi connectivity index (χ3v) is 11.5. The lowest BCUT2D eigenvalue weighted by molar-refractivity contribution is -0.917. The molecular weight excluding hydrogens is 368 g/mol. The number of ether oxygens (including phenoxy) is 1. The summed E-state index contributed by atoms with van der Waals surface area (Å²) < 4.78 is 12.9. The maximum Gasteiger partial charge on any atom is 0.410 e. The van der Waals surface area contributed by atoms with Crippen molar-refractivity contribution in [2.75, 3.05) is 40.3 Å². The van der Waals surface area contributed by atoms with Gasteiger partial charge in [-0.25, -0.2) is 4.79 Å². The van der Waals surface area contributed by atoms with Gasteiger partial charge in [0.15, 0.2) is 8.32 Å². The minimum Gasteiger partial charge on any atom is -0.444 e. The summed E-state index contributed by atoms with van der Waals surface area (Å²) in [6.45, 7) is 23.1. The minimum absolute atomic E-state index is 0.171. The Bertz CT molecular complexity index is 513. The van der Waals surface area contributed by atoms with Crippen molar-refractivity contribution >= 4 is 14.4 Å². The second-order valence-corrected chi connectivity index (χ2v) is 16.5. The van der Waals surface area contributed by atoms with Crippen LogP contribution in [0.2, 0.25) is 18.1 Å². The number of nitrogens with zero attached hydrogens (tertiary/aromatic N) is 2. The molecule has 28 heavy (non-hydrogen) atoms. The Labute approximate surface area is 175 Å². The Morgan fingerprint density at radius 3 is 2.04 bits per heavy atom. The van der Waals surface area contributed by atoms with E-state index in [9.17, 15) is 4.79 Å². The molecule has 0 aliphatic carbocycles. The van der Waals surface area contributed by atoms with Crippen molar-refractivity contribution in [3.63, 3.8) is 0 Å². The Kier molecular flexibility index (Phi) is 8.22. The molecule has 166 valence electrons. The van der Waals surface area contributed by atoms with E-state index in [0.717, 1.165) is 43.6 Å². The SMILES string of the molecule is CC(C1CCN(C(=O)OC(C)(C)C)CC1)[N+](C)(C)CCO[Si](C)(C)C(C)(C)C. The minimum atomic E-state index is -1.69. The van der Waals surface area contributed by atoms with Crippen molar-refractivity contribution in [3.8, 4) is 0 Å². The van der Waals surface area contributed by atoms with Crippen LogP contribution in [0.25, 0.3) is 0 Å². The largest absolute Gasteiger partial charge is 0.444 e. The molecule has 0 saturated carbocycles. The van der Waals surface area contributed by atoms with Crippen molar-refractivity contribution in [1.82, 2.24) is 4.90 Å². The summed E-state index contributed by atoms with van der Waals surface area (Å²) in [5, 5.41) is 0.254. The Hall–Kier alpha value is -0.593. The lowest BCUT2D eigenvalue weighted by Crippen LogP contribution is -2.55. The highest BCUT2D eigenvalue weighted by Crippen LogP contribution is 2.36. The molecule has 1 saturated heterocycles. The zero-order valence-electron chi connectivity index (χ0n) is 20.5. The maximum atomic E-state index is 12.3. The van der Waals surface area contributed by atoms with Crippen LogP contribution in [-0.2, 0) is 9.16 Å². The number of hydrogen-bond donors (Lipinski definition) is 0. The fraction of sp³-hybridized carbons (Fsp3) is 0.955. The van der Waals surface area contributed by atoms with Crippen molar-refractivity contribution in [2.24, 2.45) is 5.92 Å². The molecule has 5 nitrogen and oxygen atoms in total. The standard InChI is InChI=1S/C22H47N2O3Si/c1-18(24(8,9)16-17-26-28(10,11)22(5,6)7)19-12-14-23(15-13-19)20(25)27-21(2,3)4/h18-19H,12-17H2,1-11H3/q+1. The first kappa shape index (κ1) is 25.4. The lowest BCUT2D eigenvalue weighted by atomic mass is 9.88. The quantitative estimate of drug-likeness (QED) is 0.446. The second kappa shape index (κ2) is 9.05. The predicted octanol–water partition coefficient (Wildman–Crippen LogP) is 5.12. The van der Waals surface area contributed by atoms with Gasteiger partial charge in [0.1, 0.15) is 12.1 Å². The molecule has 1 fully saturated rings. The van der Waals surface area contributed by atoms with Crippen LogP contribution in [0, 0.1) is 5.92 Å². The van der Waals surface area contributed by atoms with E-state index in [0.29, 0.717) is 12.0 Å². The highest BCUT2D eigenvalue weighted by Gasteiger charge is 2.39. The summed E-state index contributed by atoms with van der Waals surface area (Å²) in [5.74, 6) is 0.626. The highest BCUT2D eigenvalue weighted by atomic mass is 28.4. The third-order valence-electron chi connectivity index (χ3n) is 6.91. The number of likely N-dealkylation sites (N-methyl/N-ethyl adjacent to an activating group) is 1. The number of quaternary nitrogens is 1. The van der Waals surface area contributed by atoms with E-state index in [-0.39, 0.29) is 11.1 Å². The lowest BCUT2D eigenvalue weighted by Gasteiger charge is -2.44. The molecule has 0 aromatic rings. The highest BCUT2D eigenvalue weighted by molar-refractivity contribution is 6.74.